The van der Waals surface area contributed by atoms with Crippen molar-refractivity contribution in [2.24, 2.45) is 0 Å². The minimum Gasteiger partial charge on any atom is -0.505 e. The molecule has 0 unspecified atom stereocenters. The Morgan fingerprint density at radius 2 is 1.84 bits per heavy atom. The molecule has 0 spiro atoms. The smallest absolute Gasteiger partial charge is 0.168 e. The summed E-state index contributed by atoms with van der Waals surface area (Å²) in [6.45, 7) is 5.06. The topological polar surface area (TPSA) is 26.7 Å². The van der Waals surface area contributed by atoms with E-state index in [1.807, 2.05) is 0 Å². The maximum Gasteiger partial charge on any atom is 0.168 e. The fraction of sp³-hybridized carbons (Fsp3) is 0.571. The van der Waals surface area contributed by atoms with Crippen molar-refractivity contribution in [3.8, 4) is 5.75 Å². The number of halogens is 2. The number of phenolic OH excluding ortho intramolecular Hbond substituents is 1. The molecule has 1 aliphatic heterocycles. The van der Waals surface area contributed by atoms with E-state index < -0.39 is 17.4 Å². The lowest BCUT2D eigenvalue weighted by Gasteiger charge is -2.32. The standard InChI is InChI=1S/C14H20F2N2O/c1-17-5-7-18(8-6-17)4-2-3-11-9-12(15)10-13(16)14(11)19/h9-10,19H,2-8H2,1H3. The predicted molar refractivity (Wildman–Crippen MR) is 70.3 cm³/mol. The van der Waals surface area contributed by atoms with Gasteiger partial charge in [-0.25, -0.2) is 8.78 Å². The van der Waals surface area contributed by atoms with Crippen molar-refractivity contribution in [1.29, 1.82) is 0 Å². The van der Waals surface area contributed by atoms with Crippen LogP contribution in [0.25, 0.3) is 0 Å². The molecule has 0 aromatic heterocycles. The molecule has 1 fully saturated rings. The van der Waals surface area contributed by atoms with Gasteiger partial charge in [-0.15, -0.1) is 0 Å². The number of aryl methyl sites for hydroxylation is 1. The Bertz CT molecular complexity index is 432. The van der Waals surface area contributed by atoms with Gasteiger partial charge in [0, 0.05) is 32.2 Å². The summed E-state index contributed by atoms with van der Waals surface area (Å²) in [4.78, 5) is 4.62. The minimum absolute atomic E-state index is 0.353. The van der Waals surface area contributed by atoms with Crippen LogP contribution in [0.2, 0.25) is 0 Å². The van der Waals surface area contributed by atoms with Crippen molar-refractivity contribution in [2.75, 3.05) is 39.8 Å². The number of piperazine rings is 1. The van der Waals surface area contributed by atoms with Crippen LogP contribution >= 0.6 is 0 Å². The maximum absolute atomic E-state index is 13.2. The van der Waals surface area contributed by atoms with Crippen LogP contribution in [-0.2, 0) is 6.42 Å². The molecule has 1 aliphatic rings. The molecule has 1 saturated heterocycles. The third-order valence-electron chi connectivity index (χ3n) is 3.62. The van der Waals surface area contributed by atoms with E-state index in [2.05, 4.69) is 16.8 Å². The minimum atomic E-state index is -0.880. The Morgan fingerprint density at radius 1 is 1.16 bits per heavy atom. The van der Waals surface area contributed by atoms with Crippen molar-refractivity contribution in [1.82, 2.24) is 9.80 Å². The zero-order valence-electron chi connectivity index (χ0n) is 11.2. The Hall–Kier alpha value is -1.20. The molecule has 0 radical (unpaired) electrons. The molecule has 0 atom stereocenters. The van der Waals surface area contributed by atoms with Crippen LogP contribution in [0.4, 0.5) is 8.78 Å². The molecule has 1 heterocycles. The number of hydrogen-bond acceptors (Lipinski definition) is 3. The van der Waals surface area contributed by atoms with Gasteiger partial charge in [0.2, 0.25) is 0 Å². The van der Waals surface area contributed by atoms with Crippen LogP contribution in [-0.4, -0.2) is 54.7 Å². The summed E-state index contributed by atoms with van der Waals surface area (Å²) in [7, 11) is 2.10. The van der Waals surface area contributed by atoms with Gasteiger partial charge >= 0.3 is 0 Å². The van der Waals surface area contributed by atoms with E-state index in [0.29, 0.717) is 18.1 Å². The first kappa shape index (κ1) is 14.2. The van der Waals surface area contributed by atoms with Gasteiger partial charge in [0.05, 0.1) is 0 Å². The van der Waals surface area contributed by atoms with Crippen LogP contribution < -0.4 is 0 Å². The molecule has 0 bridgehead atoms. The zero-order chi connectivity index (χ0) is 13.8. The third kappa shape index (κ3) is 3.88. The van der Waals surface area contributed by atoms with Gasteiger partial charge in [0.25, 0.3) is 0 Å². The van der Waals surface area contributed by atoms with Crippen molar-refractivity contribution in [3.63, 3.8) is 0 Å². The van der Waals surface area contributed by atoms with Crippen LogP contribution in [0.5, 0.6) is 5.75 Å². The van der Waals surface area contributed by atoms with Gasteiger partial charge in [0.1, 0.15) is 5.82 Å². The lowest BCUT2D eigenvalue weighted by atomic mass is 10.1. The monoisotopic (exact) mass is 270 g/mol. The number of rotatable bonds is 4. The Kier molecular flexibility index (Phi) is 4.71. The van der Waals surface area contributed by atoms with Crippen molar-refractivity contribution >= 4 is 0 Å². The van der Waals surface area contributed by atoms with Crippen LogP contribution in [0.15, 0.2) is 12.1 Å². The van der Waals surface area contributed by atoms with Gasteiger partial charge in [-0.3, -0.25) is 0 Å². The Morgan fingerprint density at radius 3 is 2.53 bits per heavy atom. The summed E-state index contributed by atoms with van der Waals surface area (Å²) in [5.41, 5.74) is 0.353. The summed E-state index contributed by atoms with van der Waals surface area (Å²) in [6, 6.07) is 1.92. The lowest BCUT2D eigenvalue weighted by molar-refractivity contribution is 0.153. The second-order valence-electron chi connectivity index (χ2n) is 5.14. The molecule has 19 heavy (non-hydrogen) atoms. The number of aromatic hydroxyl groups is 1. The highest BCUT2D eigenvalue weighted by atomic mass is 19.1. The van der Waals surface area contributed by atoms with Gasteiger partial charge in [-0.05, 0) is 38.1 Å². The third-order valence-corrected chi connectivity index (χ3v) is 3.62. The van der Waals surface area contributed by atoms with E-state index in [1.165, 1.54) is 6.07 Å². The maximum atomic E-state index is 13.2. The second-order valence-corrected chi connectivity index (χ2v) is 5.14. The molecular formula is C14H20F2N2O. The molecule has 0 amide bonds. The van der Waals surface area contributed by atoms with E-state index in [9.17, 15) is 13.9 Å². The highest BCUT2D eigenvalue weighted by molar-refractivity contribution is 5.34. The van der Waals surface area contributed by atoms with Crippen LogP contribution in [0.3, 0.4) is 0 Å². The molecule has 1 N–H and O–H groups in total. The summed E-state index contributed by atoms with van der Waals surface area (Å²) >= 11 is 0. The zero-order valence-corrected chi connectivity index (χ0v) is 11.2. The van der Waals surface area contributed by atoms with Gasteiger partial charge < -0.3 is 14.9 Å². The summed E-state index contributed by atoms with van der Waals surface area (Å²) in [6.07, 6.45) is 1.28. The van der Waals surface area contributed by atoms with Gasteiger partial charge in [-0.2, -0.15) is 0 Å². The molecule has 2 rings (SSSR count). The van der Waals surface area contributed by atoms with E-state index in [-0.39, 0.29) is 0 Å². The van der Waals surface area contributed by atoms with Crippen molar-refractivity contribution < 1.29 is 13.9 Å². The first-order valence-corrected chi connectivity index (χ1v) is 6.64. The quantitative estimate of drug-likeness (QED) is 0.904. The summed E-state index contributed by atoms with van der Waals surface area (Å²) in [5.74, 6) is -1.93. The number of nitrogens with zero attached hydrogens (tertiary/aromatic N) is 2. The fourth-order valence-electron chi connectivity index (χ4n) is 2.37. The van der Waals surface area contributed by atoms with E-state index in [1.54, 1.807) is 0 Å². The second kappa shape index (κ2) is 6.30. The summed E-state index contributed by atoms with van der Waals surface area (Å²) in [5, 5.41) is 9.53. The number of benzene rings is 1. The lowest BCUT2D eigenvalue weighted by Crippen LogP contribution is -2.44. The van der Waals surface area contributed by atoms with E-state index in [4.69, 9.17) is 0 Å². The fourth-order valence-corrected chi connectivity index (χ4v) is 2.37. The van der Waals surface area contributed by atoms with E-state index >= 15 is 0 Å². The highest BCUT2D eigenvalue weighted by Gasteiger charge is 2.14. The SMILES string of the molecule is CN1CCN(CCCc2cc(F)cc(F)c2O)CC1. The first-order valence-electron chi connectivity index (χ1n) is 6.64. The highest BCUT2D eigenvalue weighted by Crippen LogP contribution is 2.23. The van der Waals surface area contributed by atoms with Crippen LogP contribution in [0, 0.1) is 11.6 Å². The molecule has 3 nitrogen and oxygen atoms in total. The molecule has 106 valence electrons. The molecular weight excluding hydrogens is 250 g/mol. The molecule has 0 aliphatic carbocycles. The largest absolute Gasteiger partial charge is 0.505 e. The van der Waals surface area contributed by atoms with Crippen molar-refractivity contribution in [2.45, 2.75) is 12.8 Å². The number of hydrogen-bond donors (Lipinski definition) is 1. The first-order chi connectivity index (χ1) is 9.06. The number of likely N-dealkylation sites (N-methyl/N-ethyl adjacent to an activating group) is 1. The molecule has 1 aromatic rings. The molecule has 5 heteroatoms. The van der Waals surface area contributed by atoms with Gasteiger partial charge in [0.15, 0.2) is 11.6 Å². The Balaban J connectivity index is 1.83. The Labute approximate surface area is 112 Å². The summed E-state index contributed by atoms with van der Waals surface area (Å²) < 4.78 is 26.2. The number of phenols is 1. The van der Waals surface area contributed by atoms with E-state index in [0.717, 1.165) is 39.1 Å². The van der Waals surface area contributed by atoms with Crippen molar-refractivity contribution in [3.05, 3.63) is 29.3 Å². The molecule has 0 saturated carbocycles. The van der Waals surface area contributed by atoms with Gasteiger partial charge in [-0.1, -0.05) is 0 Å². The predicted octanol–water partition coefficient (Wildman–Crippen LogP) is 1.85. The normalized spacial score (nSPS) is 17.8. The van der Waals surface area contributed by atoms with Crippen LogP contribution in [0.1, 0.15) is 12.0 Å². The average Bonchev–Trinajstić information content (AvgIpc) is 2.37. The average molecular weight is 270 g/mol. The molecule has 1 aromatic carbocycles.